The quantitative estimate of drug-likeness (QED) is 0.00565. The zero-order valence-corrected chi connectivity index (χ0v) is 73.4. The zero-order chi connectivity index (χ0) is 93.2. The number of benzene rings is 5. The van der Waals surface area contributed by atoms with Gasteiger partial charge >= 0.3 is 0 Å². The summed E-state index contributed by atoms with van der Waals surface area (Å²) in [7, 11) is 0. The molecule has 0 bridgehead atoms. The summed E-state index contributed by atoms with van der Waals surface area (Å²) in [6.45, 7) is 4.14. The number of amides is 15. The summed E-state index contributed by atoms with van der Waals surface area (Å²) in [6, 6.07) is 18.5. The first-order valence-corrected chi connectivity index (χ1v) is 43.4. The van der Waals surface area contributed by atoms with Crippen LogP contribution in [0.1, 0.15) is 100.0 Å². The van der Waals surface area contributed by atoms with Gasteiger partial charge in [0.1, 0.15) is 78.3 Å². The van der Waals surface area contributed by atoms with E-state index in [0.29, 0.717) is 27.8 Å². The zero-order valence-electron chi connectivity index (χ0n) is 70.4. The van der Waals surface area contributed by atoms with Crippen molar-refractivity contribution in [1.29, 1.82) is 16.2 Å². The first-order chi connectivity index (χ1) is 60.4. The number of hydrogen-bond acceptors (Lipinski definition) is 21. The molecule has 5 aromatic carbocycles. The van der Waals surface area contributed by atoms with Gasteiger partial charge in [-0.25, -0.2) is 0 Å². The van der Waals surface area contributed by atoms with Gasteiger partial charge < -0.3 is 124 Å². The minimum atomic E-state index is -1.97. The van der Waals surface area contributed by atoms with Crippen LogP contribution in [0.15, 0.2) is 146 Å². The van der Waals surface area contributed by atoms with E-state index in [1.165, 1.54) is 24.3 Å². The van der Waals surface area contributed by atoms with Crippen molar-refractivity contribution in [2.75, 3.05) is 31.1 Å². The molecule has 15 amide bonds. The summed E-state index contributed by atoms with van der Waals surface area (Å²) in [5.74, 6) is -18.1. The summed E-state index contributed by atoms with van der Waals surface area (Å²) >= 11 is 2.93. The predicted octanol–water partition coefficient (Wildman–Crippen LogP) is -4.08. The fourth-order valence-electron chi connectivity index (χ4n) is 13.2. The topological polar surface area (TPSA) is 691 Å². The Balaban J connectivity index is 1.47. The number of phenolic OH excluding ortho intramolecular Hbond substituents is 1. The van der Waals surface area contributed by atoms with Crippen molar-refractivity contribution in [2.24, 2.45) is 34.6 Å². The summed E-state index contributed by atoms with van der Waals surface area (Å²) in [4.78, 5) is 219. The van der Waals surface area contributed by atoms with E-state index in [1.54, 1.807) is 135 Å². The van der Waals surface area contributed by atoms with E-state index in [2.05, 4.69) is 85.1 Å². The Labute approximate surface area is 751 Å². The molecular weight excluding hydrogens is 1780 g/mol. The lowest BCUT2D eigenvalue weighted by molar-refractivity contribution is -0.137. The number of guanidine groups is 3. The lowest BCUT2D eigenvalue weighted by Crippen LogP contribution is -2.62. The van der Waals surface area contributed by atoms with Crippen LogP contribution < -0.4 is 114 Å². The molecule has 0 aliphatic carbocycles. The average Bonchev–Trinajstić information content (AvgIpc) is 0.843. The summed E-state index contributed by atoms with van der Waals surface area (Å²) in [6.07, 6.45) is -5.70. The highest BCUT2D eigenvalue weighted by atomic mass is 127. The summed E-state index contributed by atoms with van der Waals surface area (Å²) in [5, 5.41) is 86.7. The minimum Gasteiger partial charge on any atom is -0.508 e. The van der Waals surface area contributed by atoms with Crippen LogP contribution in [-0.2, 0) is 104 Å². The molecule has 1 aliphatic heterocycles. The molecule has 0 aromatic heterocycles. The molecule has 41 nitrogen and oxygen atoms in total. The molecule has 1 saturated heterocycles. The molecular formula is C84H115IN24O17S. The van der Waals surface area contributed by atoms with E-state index >= 15 is 9.59 Å². The highest BCUT2D eigenvalue weighted by Gasteiger charge is 2.40. The highest BCUT2D eigenvalue weighted by Crippen LogP contribution is 2.18. The van der Waals surface area contributed by atoms with Crippen LogP contribution in [0.5, 0.6) is 5.75 Å². The number of rotatable bonds is 28. The smallest absolute Gasteiger partial charge is 0.245 e. The van der Waals surface area contributed by atoms with Crippen molar-refractivity contribution in [1.82, 2.24) is 85.1 Å². The Morgan fingerprint density at radius 2 is 0.630 bits per heavy atom. The molecule has 1 fully saturated rings. The largest absolute Gasteiger partial charge is 0.508 e. The fourth-order valence-corrected chi connectivity index (χ4v) is 14.9. The molecule has 1 heterocycles. The number of hydrogen-bond donors (Lipinski definition) is 26. The number of alkyl halides is 1. The summed E-state index contributed by atoms with van der Waals surface area (Å²) in [5.41, 5.74) is 30.5. The predicted molar refractivity (Wildman–Crippen MR) is 480 cm³/mol. The number of nitrogens with two attached hydrogens (primary N) is 5. The maximum atomic E-state index is 15.1. The van der Waals surface area contributed by atoms with Gasteiger partial charge in [-0.15, -0.1) is 11.8 Å². The number of nitrogens with one attached hydrogen (secondary N) is 19. The van der Waals surface area contributed by atoms with Crippen LogP contribution in [0.4, 0.5) is 0 Å². The van der Waals surface area contributed by atoms with E-state index < -0.39 is 202 Å². The SMILES string of the molecule is CC(C)[C@@H]1NC(=O)[C@H](Cc2ccccc2)NC(=O)[C@@H](Cc2ccc(O)cc2)NC(=O)CSC[C@@H](I)NC(=O)[C@H](CCCNC(=N)N)NC(=O)[C@H](Cc2ccccc2)NC(=O)[C@H]([C@@H](C)O)NC(=O)[C@H](CCCNC(=N)N)NC(=O)[C@H](Cc2ccccc2)NC(=O)[C@H](CC(N)=O)NC(=O)[C@H](CCCNC(=N)N)NC(=O)[C@H](Cc2ccccc2)NC(=O)[C@H](CC(N)=O)NC1=O. The number of halogens is 1. The Hall–Kier alpha value is -13.2. The maximum Gasteiger partial charge on any atom is 0.245 e. The van der Waals surface area contributed by atoms with Crippen LogP contribution in [0, 0.1) is 22.1 Å². The third-order valence-electron chi connectivity index (χ3n) is 19.7. The van der Waals surface area contributed by atoms with Crippen LogP contribution in [-0.4, -0.2) is 230 Å². The van der Waals surface area contributed by atoms with E-state index in [0.717, 1.165) is 18.7 Å². The van der Waals surface area contributed by atoms with Crippen molar-refractivity contribution in [2.45, 2.75) is 187 Å². The number of primary amides is 2. The molecule has 0 unspecified atom stereocenters. The molecule has 43 heteroatoms. The van der Waals surface area contributed by atoms with E-state index in [-0.39, 0.29) is 113 Å². The maximum absolute atomic E-state index is 15.1. The van der Waals surface area contributed by atoms with Crippen molar-refractivity contribution in [3.63, 3.8) is 0 Å². The molecule has 14 atom stereocenters. The minimum absolute atomic E-state index is 0.0264. The molecule has 686 valence electrons. The summed E-state index contributed by atoms with van der Waals surface area (Å²) < 4.78 is -0.787. The lowest BCUT2D eigenvalue weighted by atomic mass is 9.99. The third-order valence-corrected chi connectivity index (χ3v) is 22.1. The van der Waals surface area contributed by atoms with Gasteiger partial charge in [-0.05, 0) is 91.3 Å². The van der Waals surface area contributed by atoms with Crippen molar-refractivity contribution < 1.29 is 82.1 Å². The third kappa shape index (κ3) is 37.6. The second kappa shape index (κ2) is 53.2. The second-order valence-electron chi connectivity index (χ2n) is 30.5. The molecule has 5 aromatic rings. The standard InChI is InChI=1S/C84H115IN24O17S/c1-46(2)68-80(125)106-63(43-66(87)113)78(123)102-58(37-48-19-8-4-9-20-48)74(119)98-54(27-16-34-94-82(88)89)70(115)104-62(42-65(86)112)77(122)101-59(38-49-21-10-5-11-22-49)75(120)100-56(29-18-36-96-84(92)93)72(117)109-69(47(3)110)81(126)105-60(39-50-23-12-6-13-24-50)76(121)99-55(28-17-35-95-83(90)91)71(116)107-64(85)44-127-45-67(114)97-57(41-52-30-32-53(111)33-31-52)73(118)103-61(79(124)108-68)40-51-25-14-7-15-26-51/h4-15,19-26,30-33,46-47,54-64,68-69,110-111H,16-18,27-29,34-45H2,1-3H3,(H2,86,112)(H2,87,113)(H,97,114)(H,98,119)(H,99,121)(H,100,120)(H,101,122)(H,102,123)(H,103,118)(H,104,115)(H,105,126)(H,106,125)(H,107,116)(H,108,124)(H,109,117)(H4,88,89,94)(H4,90,91,95)(H4,92,93,96)/t47-,54+,55+,56+,57-,58+,59+,60+,61+,62+,63+,64+,68+,69+/m1/s1. The van der Waals surface area contributed by atoms with Gasteiger partial charge in [0, 0.05) is 57.5 Å². The second-order valence-corrected chi connectivity index (χ2v) is 33.1. The molecule has 127 heavy (non-hydrogen) atoms. The van der Waals surface area contributed by atoms with Crippen LogP contribution in [0.3, 0.4) is 0 Å². The van der Waals surface area contributed by atoms with Crippen molar-refractivity contribution >= 4 is 141 Å². The molecule has 0 saturated carbocycles. The fraction of sp³-hybridized carbons (Fsp3) is 0.429. The van der Waals surface area contributed by atoms with E-state index in [4.69, 9.17) is 44.9 Å². The van der Waals surface area contributed by atoms with Crippen LogP contribution >= 0.6 is 34.4 Å². The van der Waals surface area contributed by atoms with Gasteiger partial charge in [-0.3, -0.25) is 88.1 Å². The van der Waals surface area contributed by atoms with Gasteiger partial charge in [0.05, 0.1) is 28.7 Å². The molecule has 31 N–H and O–H groups in total. The number of aliphatic hydroxyl groups is 1. The van der Waals surface area contributed by atoms with Gasteiger partial charge in [-0.1, -0.05) is 170 Å². The Kier molecular flexibility index (Phi) is 43.0. The molecule has 0 radical (unpaired) electrons. The first-order valence-electron chi connectivity index (χ1n) is 41.0. The van der Waals surface area contributed by atoms with Gasteiger partial charge in [0.25, 0.3) is 0 Å². The first kappa shape index (κ1) is 103. The monoisotopic (exact) mass is 1890 g/mol. The van der Waals surface area contributed by atoms with Crippen LogP contribution in [0.2, 0.25) is 0 Å². The van der Waals surface area contributed by atoms with Crippen molar-refractivity contribution in [3.05, 3.63) is 173 Å². The number of aliphatic hydroxyl groups excluding tert-OH is 1. The highest BCUT2D eigenvalue weighted by molar-refractivity contribution is 14.1. The van der Waals surface area contributed by atoms with Crippen molar-refractivity contribution in [3.8, 4) is 5.75 Å². The number of thioether (sulfide) groups is 1. The Morgan fingerprint density at radius 3 is 0.961 bits per heavy atom. The number of phenols is 1. The average molecular weight is 1890 g/mol. The number of carbonyl (C=O) groups excluding carboxylic acids is 15. The van der Waals surface area contributed by atoms with E-state index in [1.807, 2.05) is 22.6 Å². The normalized spacial score (nSPS) is 22.9. The molecule has 1 aliphatic rings. The van der Waals surface area contributed by atoms with Gasteiger partial charge in [0.2, 0.25) is 88.6 Å². The van der Waals surface area contributed by atoms with Gasteiger partial charge in [-0.2, -0.15) is 0 Å². The molecule has 6 rings (SSSR count). The Morgan fingerprint density at radius 1 is 0.370 bits per heavy atom. The van der Waals surface area contributed by atoms with E-state index in [9.17, 15) is 72.5 Å². The number of carbonyl (C=O) groups is 15. The van der Waals surface area contributed by atoms with Crippen LogP contribution in [0.25, 0.3) is 0 Å². The molecule has 0 spiro atoms. The van der Waals surface area contributed by atoms with Gasteiger partial charge in [0.15, 0.2) is 17.9 Å². The lowest BCUT2D eigenvalue weighted by Gasteiger charge is -2.29. The number of aromatic hydroxyl groups is 1. The Bertz CT molecular complexity index is 4590.